The third kappa shape index (κ3) is 2.17. The van der Waals surface area contributed by atoms with Crippen LogP contribution in [0.5, 0.6) is 0 Å². The molecule has 0 amide bonds. The molecule has 2 nitrogen and oxygen atoms in total. The van der Waals surface area contributed by atoms with Gasteiger partial charge in [-0.25, -0.2) is 0 Å². The lowest BCUT2D eigenvalue weighted by Crippen LogP contribution is -2.12. The molecule has 1 aliphatic heterocycles. The molecule has 0 saturated carbocycles. The van der Waals surface area contributed by atoms with E-state index in [2.05, 4.69) is 50.9 Å². The Morgan fingerprint density at radius 3 is 2.46 bits per heavy atom. The Hall–Kier alpha value is -0.660. The fourth-order valence-corrected chi connectivity index (χ4v) is 1.23. The minimum absolute atomic E-state index is 0.188. The van der Waals surface area contributed by atoms with Gasteiger partial charge in [-0.2, -0.15) is 10.2 Å². The Kier molecular flexibility index (Phi) is 2.89. The number of rotatable bonds is 3. The Balaban J connectivity index is 2.76. The van der Waals surface area contributed by atoms with Crippen LogP contribution < -0.4 is 0 Å². The Bertz CT molecular complexity index is 236. The second kappa shape index (κ2) is 3.60. The van der Waals surface area contributed by atoms with E-state index in [9.17, 15) is 0 Å². The molecule has 1 heterocycles. The maximum atomic E-state index is 4.27. The number of nitrogens with zero attached hydrogens (tertiary/aromatic N) is 2. The molecule has 0 aromatic heterocycles. The van der Waals surface area contributed by atoms with Crippen LogP contribution in [0, 0.1) is 11.3 Å². The summed E-state index contributed by atoms with van der Waals surface area (Å²) >= 11 is 0. The van der Waals surface area contributed by atoms with Crippen LogP contribution in [0.4, 0.5) is 0 Å². The molecule has 0 aliphatic carbocycles. The maximum Gasteiger partial charge on any atom is 0.0937 e. The van der Waals surface area contributed by atoms with E-state index >= 15 is 0 Å². The van der Waals surface area contributed by atoms with Gasteiger partial charge >= 0.3 is 0 Å². The second-order valence-electron chi connectivity index (χ2n) is 4.74. The van der Waals surface area contributed by atoms with Crippen molar-refractivity contribution in [3.05, 3.63) is 11.8 Å². The predicted octanol–water partition coefficient (Wildman–Crippen LogP) is 3.80. The Morgan fingerprint density at radius 2 is 2.08 bits per heavy atom. The second-order valence-corrected chi connectivity index (χ2v) is 4.74. The van der Waals surface area contributed by atoms with Gasteiger partial charge in [-0.05, 0) is 18.4 Å². The first-order valence-electron chi connectivity index (χ1n) is 5.10. The topological polar surface area (TPSA) is 24.7 Å². The van der Waals surface area contributed by atoms with Gasteiger partial charge in [-0.3, -0.25) is 0 Å². The molecule has 0 aromatic carbocycles. The van der Waals surface area contributed by atoms with Crippen molar-refractivity contribution in [2.75, 3.05) is 0 Å². The van der Waals surface area contributed by atoms with Crippen LogP contribution in [0.25, 0.3) is 0 Å². The lowest BCUT2D eigenvalue weighted by atomic mass is 9.85. The highest BCUT2D eigenvalue weighted by molar-refractivity contribution is 5.17. The first-order chi connectivity index (χ1) is 5.97. The molecule has 0 fully saturated rings. The standard InChI is InChI=1S/C11H20N2/c1-6-11(4,5)10-7-9(8(2)3)12-13-10/h7-9H,6H2,1-5H3. The lowest BCUT2D eigenvalue weighted by molar-refractivity contribution is 0.424. The summed E-state index contributed by atoms with van der Waals surface area (Å²) in [6.07, 6.45) is 3.33. The van der Waals surface area contributed by atoms with E-state index in [1.165, 1.54) is 0 Å². The van der Waals surface area contributed by atoms with Crippen molar-refractivity contribution in [3.8, 4) is 0 Å². The molecule has 74 valence electrons. The largest absolute Gasteiger partial charge is 0.181 e. The van der Waals surface area contributed by atoms with E-state index in [1.807, 2.05) is 0 Å². The van der Waals surface area contributed by atoms with E-state index in [0.717, 1.165) is 12.1 Å². The number of hydrogen-bond donors (Lipinski definition) is 0. The third-order valence-corrected chi connectivity index (χ3v) is 2.89. The molecule has 13 heavy (non-hydrogen) atoms. The highest BCUT2D eigenvalue weighted by Crippen LogP contribution is 2.35. The molecule has 0 aromatic rings. The first kappa shape index (κ1) is 10.4. The summed E-state index contributed by atoms with van der Waals surface area (Å²) in [6, 6.07) is 0.306. The van der Waals surface area contributed by atoms with Gasteiger partial charge in [0.25, 0.3) is 0 Å². The van der Waals surface area contributed by atoms with E-state index in [1.54, 1.807) is 0 Å². The summed E-state index contributed by atoms with van der Waals surface area (Å²) in [6.45, 7) is 11.0. The minimum Gasteiger partial charge on any atom is -0.181 e. The number of hydrogen-bond acceptors (Lipinski definition) is 2. The summed E-state index contributed by atoms with van der Waals surface area (Å²) in [4.78, 5) is 0. The summed E-state index contributed by atoms with van der Waals surface area (Å²) < 4.78 is 0. The van der Waals surface area contributed by atoms with Gasteiger partial charge in [-0.1, -0.05) is 34.6 Å². The Labute approximate surface area is 81.1 Å². The molecule has 1 unspecified atom stereocenters. The van der Waals surface area contributed by atoms with Crippen molar-refractivity contribution in [1.29, 1.82) is 0 Å². The molecule has 1 aliphatic rings. The van der Waals surface area contributed by atoms with E-state index < -0.39 is 0 Å². The van der Waals surface area contributed by atoms with Crippen LogP contribution in [-0.4, -0.2) is 6.04 Å². The van der Waals surface area contributed by atoms with Crippen LogP contribution >= 0.6 is 0 Å². The molecule has 1 rings (SSSR count). The maximum absolute atomic E-state index is 4.27. The zero-order valence-corrected chi connectivity index (χ0v) is 9.33. The first-order valence-corrected chi connectivity index (χ1v) is 5.10. The van der Waals surface area contributed by atoms with E-state index in [0.29, 0.717) is 12.0 Å². The monoisotopic (exact) mass is 180 g/mol. The third-order valence-electron chi connectivity index (χ3n) is 2.89. The Morgan fingerprint density at radius 1 is 1.46 bits per heavy atom. The summed E-state index contributed by atoms with van der Waals surface area (Å²) in [7, 11) is 0. The molecule has 0 radical (unpaired) electrons. The molecular weight excluding hydrogens is 160 g/mol. The molecule has 2 heteroatoms. The molecule has 0 saturated heterocycles. The van der Waals surface area contributed by atoms with Crippen molar-refractivity contribution in [2.45, 2.75) is 47.1 Å². The van der Waals surface area contributed by atoms with Crippen molar-refractivity contribution >= 4 is 0 Å². The van der Waals surface area contributed by atoms with Crippen LogP contribution in [0.1, 0.15) is 41.0 Å². The predicted molar refractivity (Wildman–Crippen MR) is 55.6 cm³/mol. The highest BCUT2D eigenvalue weighted by atomic mass is 15.2. The lowest BCUT2D eigenvalue weighted by Gasteiger charge is -2.20. The zero-order chi connectivity index (χ0) is 10.1. The van der Waals surface area contributed by atoms with Gasteiger partial charge < -0.3 is 0 Å². The average Bonchev–Trinajstić information content (AvgIpc) is 2.52. The number of azo groups is 1. The molecule has 0 spiro atoms. The van der Waals surface area contributed by atoms with Gasteiger partial charge in [0, 0.05) is 5.41 Å². The smallest absolute Gasteiger partial charge is 0.0937 e. The summed E-state index contributed by atoms with van der Waals surface area (Å²) in [5, 5.41) is 8.53. The summed E-state index contributed by atoms with van der Waals surface area (Å²) in [5.41, 5.74) is 1.35. The molecular formula is C11H20N2. The number of allylic oxidation sites excluding steroid dienone is 1. The van der Waals surface area contributed by atoms with Gasteiger partial charge in [0.2, 0.25) is 0 Å². The van der Waals surface area contributed by atoms with E-state index in [4.69, 9.17) is 0 Å². The van der Waals surface area contributed by atoms with Crippen molar-refractivity contribution in [1.82, 2.24) is 0 Å². The van der Waals surface area contributed by atoms with Crippen LogP contribution in [0.2, 0.25) is 0 Å². The molecule has 0 N–H and O–H groups in total. The van der Waals surface area contributed by atoms with Gasteiger partial charge in [-0.15, -0.1) is 0 Å². The fraction of sp³-hybridized carbons (Fsp3) is 0.818. The quantitative estimate of drug-likeness (QED) is 0.631. The summed E-state index contributed by atoms with van der Waals surface area (Å²) in [5.74, 6) is 0.564. The van der Waals surface area contributed by atoms with Crippen molar-refractivity contribution in [3.63, 3.8) is 0 Å². The molecule has 1 atom stereocenters. The SMILES string of the molecule is CCC(C)(C)C1=CC(C(C)C)N=N1. The highest BCUT2D eigenvalue weighted by Gasteiger charge is 2.26. The minimum atomic E-state index is 0.188. The van der Waals surface area contributed by atoms with Gasteiger partial charge in [0.15, 0.2) is 0 Å². The van der Waals surface area contributed by atoms with E-state index in [-0.39, 0.29) is 5.41 Å². The average molecular weight is 180 g/mol. The van der Waals surface area contributed by atoms with Gasteiger partial charge in [0.1, 0.15) is 0 Å². The van der Waals surface area contributed by atoms with Crippen molar-refractivity contribution < 1.29 is 0 Å². The normalized spacial score (nSPS) is 22.6. The van der Waals surface area contributed by atoms with Crippen LogP contribution in [0.15, 0.2) is 22.0 Å². The fourth-order valence-electron chi connectivity index (χ4n) is 1.23. The molecule has 0 bridgehead atoms. The van der Waals surface area contributed by atoms with Crippen molar-refractivity contribution in [2.24, 2.45) is 21.6 Å². The van der Waals surface area contributed by atoms with Gasteiger partial charge in [0.05, 0.1) is 11.7 Å². The zero-order valence-electron chi connectivity index (χ0n) is 9.33. The van der Waals surface area contributed by atoms with Crippen LogP contribution in [-0.2, 0) is 0 Å². The van der Waals surface area contributed by atoms with Crippen LogP contribution in [0.3, 0.4) is 0 Å².